The number of likely N-dealkylation sites (tertiary alicyclic amines) is 2. The van der Waals surface area contributed by atoms with E-state index in [1.807, 2.05) is 11.8 Å². The smallest absolute Gasteiger partial charge is 0.272 e. The van der Waals surface area contributed by atoms with Gasteiger partial charge in [-0.15, -0.1) is 0 Å². The molecule has 2 aromatic rings. The van der Waals surface area contributed by atoms with Gasteiger partial charge in [0.15, 0.2) is 0 Å². The SMILES string of the molecule is Cc1c(CCCc2ccc(C(C)(C)C)cc2)ncnc1C(=O)N1CCC(N2CCC(O)CC2)CC1. The van der Waals surface area contributed by atoms with Crippen molar-refractivity contribution in [2.45, 2.75) is 90.2 Å². The summed E-state index contributed by atoms with van der Waals surface area (Å²) in [6.45, 7) is 12.2. The number of carbonyl (C=O) groups is 1. The Morgan fingerprint density at radius 3 is 2.26 bits per heavy atom. The predicted molar refractivity (Wildman–Crippen MR) is 140 cm³/mol. The number of benzene rings is 1. The zero-order chi connectivity index (χ0) is 25.0. The van der Waals surface area contributed by atoms with E-state index in [9.17, 15) is 9.90 Å². The van der Waals surface area contributed by atoms with Crippen LogP contribution in [0.4, 0.5) is 0 Å². The van der Waals surface area contributed by atoms with Crippen LogP contribution in [0.2, 0.25) is 0 Å². The molecule has 2 saturated heterocycles. The first-order chi connectivity index (χ1) is 16.7. The number of aliphatic hydroxyl groups excluding tert-OH is 1. The summed E-state index contributed by atoms with van der Waals surface area (Å²) in [5.41, 5.74) is 5.33. The monoisotopic (exact) mass is 478 g/mol. The van der Waals surface area contributed by atoms with Gasteiger partial charge < -0.3 is 14.9 Å². The summed E-state index contributed by atoms with van der Waals surface area (Å²) in [6.07, 6.45) is 7.97. The third-order valence-electron chi connectivity index (χ3n) is 7.86. The van der Waals surface area contributed by atoms with Crippen LogP contribution in [0.1, 0.15) is 85.7 Å². The number of rotatable bonds is 6. The van der Waals surface area contributed by atoms with Gasteiger partial charge in [0.1, 0.15) is 12.0 Å². The van der Waals surface area contributed by atoms with E-state index in [2.05, 4.69) is 59.9 Å². The maximum absolute atomic E-state index is 13.3. The molecule has 0 aliphatic carbocycles. The number of piperidine rings is 2. The Labute approximate surface area is 210 Å². The van der Waals surface area contributed by atoms with Gasteiger partial charge in [0.05, 0.1) is 6.10 Å². The summed E-state index contributed by atoms with van der Waals surface area (Å²) >= 11 is 0. The molecule has 0 spiro atoms. The Hall–Kier alpha value is -2.31. The van der Waals surface area contributed by atoms with Crippen molar-refractivity contribution in [2.75, 3.05) is 26.2 Å². The predicted octanol–water partition coefficient (Wildman–Crippen LogP) is 4.32. The van der Waals surface area contributed by atoms with Crippen molar-refractivity contribution in [1.82, 2.24) is 19.8 Å². The van der Waals surface area contributed by atoms with Gasteiger partial charge in [-0.1, -0.05) is 45.0 Å². The van der Waals surface area contributed by atoms with Gasteiger partial charge in [-0.2, -0.15) is 0 Å². The van der Waals surface area contributed by atoms with Gasteiger partial charge in [-0.05, 0) is 68.4 Å². The molecule has 4 rings (SSSR count). The summed E-state index contributed by atoms with van der Waals surface area (Å²) in [5.74, 6) is 0.0384. The van der Waals surface area contributed by atoms with E-state index >= 15 is 0 Å². The molecule has 2 aliphatic rings. The quantitative estimate of drug-likeness (QED) is 0.670. The van der Waals surface area contributed by atoms with Crippen LogP contribution < -0.4 is 0 Å². The number of aliphatic hydroxyl groups is 1. The molecular weight excluding hydrogens is 436 g/mol. The Morgan fingerprint density at radius 1 is 0.971 bits per heavy atom. The molecule has 0 bridgehead atoms. The van der Waals surface area contributed by atoms with Crippen molar-refractivity contribution in [2.24, 2.45) is 0 Å². The Balaban J connectivity index is 1.30. The van der Waals surface area contributed by atoms with Crippen LogP contribution >= 0.6 is 0 Å². The second-order valence-electron chi connectivity index (χ2n) is 11.4. The van der Waals surface area contributed by atoms with E-state index in [-0.39, 0.29) is 17.4 Å². The van der Waals surface area contributed by atoms with E-state index in [0.717, 1.165) is 82.4 Å². The lowest BCUT2D eigenvalue weighted by molar-refractivity contribution is 0.0355. The van der Waals surface area contributed by atoms with Crippen LogP contribution in [-0.2, 0) is 18.3 Å². The molecule has 1 aromatic carbocycles. The van der Waals surface area contributed by atoms with Crippen LogP contribution in [0, 0.1) is 6.92 Å². The summed E-state index contributed by atoms with van der Waals surface area (Å²) in [7, 11) is 0. The summed E-state index contributed by atoms with van der Waals surface area (Å²) < 4.78 is 0. The van der Waals surface area contributed by atoms with Crippen molar-refractivity contribution in [3.63, 3.8) is 0 Å². The zero-order valence-corrected chi connectivity index (χ0v) is 22.0. The molecule has 0 saturated carbocycles. The summed E-state index contributed by atoms with van der Waals surface area (Å²) in [4.78, 5) is 26.7. The fraction of sp³-hybridized carbons (Fsp3) is 0.621. The lowest BCUT2D eigenvalue weighted by atomic mass is 9.86. The molecule has 35 heavy (non-hydrogen) atoms. The van der Waals surface area contributed by atoms with Crippen LogP contribution in [0.5, 0.6) is 0 Å². The van der Waals surface area contributed by atoms with Crippen molar-refractivity contribution in [3.8, 4) is 0 Å². The van der Waals surface area contributed by atoms with Crippen LogP contribution in [-0.4, -0.2) is 69.1 Å². The molecule has 0 atom stereocenters. The fourth-order valence-corrected chi connectivity index (χ4v) is 5.42. The van der Waals surface area contributed by atoms with Gasteiger partial charge in [-0.3, -0.25) is 4.79 Å². The van der Waals surface area contributed by atoms with Crippen LogP contribution in [0.25, 0.3) is 0 Å². The second-order valence-corrected chi connectivity index (χ2v) is 11.4. The van der Waals surface area contributed by atoms with E-state index < -0.39 is 0 Å². The molecular formula is C29H42N4O2. The third-order valence-corrected chi connectivity index (χ3v) is 7.86. The molecule has 1 N–H and O–H groups in total. The standard InChI is InChI=1S/C29H42N4O2/c1-21-26(7-5-6-22-8-10-23(11-9-22)29(2,3)4)30-20-31-27(21)28(35)33-16-12-24(13-17-33)32-18-14-25(34)15-19-32/h8-11,20,24-25,34H,5-7,12-19H2,1-4H3. The first-order valence-corrected chi connectivity index (χ1v) is 13.3. The molecule has 190 valence electrons. The topological polar surface area (TPSA) is 69.6 Å². The minimum absolute atomic E-state index is 0.0384. The molecule has 0 radical (unpaired) electrons. The lowest BCUT2D eigenvalue weighted by Gasteiger charge is -2.41. The van der Waals surface area contributed by atoms with Gasteiger partial charge in [-0.25, -0.2) is 9.97 Å². The van der Waals surface area contributed by atoms with Crippen molar-refractivity contribution in [3.05, 3.63) is 58.7 Å². The molecule has 3 heterocycles. The van der Waals surface area contributed by atoms with E-state index in [1.54, 1.807) is 6.33 Å². The highest BCUT2D eigenvalue weighted by atomic mass is 16.3. The number of nitrogens with zero attached hydrogens (tertiary/aromatic N) is 4. The fourth-order valence-electron chi connectivity index (χ4n) is 5.42. The number of carbonyl (C=O) groups excluding carboxylic acids is 1. The average molecular weight is 479 g/mol. The van der Waals surface area contributed by atoms with Crippen molar-refractivity contribution in [1.29, 1.82) is 0 Å². The normalized spacial score (nSPS) is 18.7. The van der Waals surface area contributed by atoms with Gasteiger partial charge in [0.25, 0.3) is 5.91 Å². The van der Waals surface area contributed by atoms with Gasteiger partial charge in [0, 0.05) is 43.5 Å². The van der Waals surface area contributed by atoms with E-state index in [0.29, 0.717) is 11.7 Å². The summed E-state index contributed by atoms with van der Waals surface area (Å²) in [6, 6.07) is 9.46. The van der Waals surface area contributed by atoms with E-state index in [1.165, 1.54) is 11.1 Å². The first-order valence-electron chi connectivity index (χ1n) is 13.3. The largest absolute Gasteiger partial charge is 0.393 e. The number of hydrogen-bond acceptors (Lipinski definition) is 5. The average Bonchev–Trinajstić information content (AvgIpc) is 2.85. The third kappa shape index (κ3) is 6.47. The molecule has 1 aromatic heterocycles. The van der Waals surface area contributed by atoms with Crippen molar-refractivity contribution < 1.29 is 9.90 Å². The molecule has 1 amide bonds. The number of amides is 1. The zero-order valence-electron chi connectivity index (χ0n) is 22.0. The molecule has 0 unspecified atom stereocenters. The minimum Gasteiger partial charge on any atom is -0.393 e. The molecule has 2 fully saturated rings. The van der Waals surface area contributed by atoms with Crippen LogP contribution in [0.3, 0.4) is 0 Å². The minimum atomic E-state index is -0.142. The number of aryl methyl sites for hydroxylation is 2. The highest BCUT2D eigenvalue weighted by Gasteiger charge is 2.30. The summed E-state index contributed by atoms with van der Waals surface area (Å²) in [5, 5.41) is 9.77. The highest BCUT2D eigenvalue weighted by Crippen LogP contribution is 2.24. The Bertz CT molecular complexity index is 983. The molecule has 2 aliphatic heterocycles. The number of hydrogen-bond donors (Lipinski definition) is 1. The Kier molecular flexibility index (Phi) is 8.23. The van der Waals surface area contributed by atoms with Gasteiger partial charge >= 0.3 is 0 Å². The Morgan fingerprint density at radius 2 is 1.63 bits per heavy atom. The first kappa shape index (κ1) is 25.8. The van der Waals surface area contributed by atoms with Crippen LogP contribution in [0.15, 0.2) is 30.6 Å². The maximum Gasteiger partial charge on any atom is 0.272 e. The lowest BCUT2D eigenvalue weighted by Crippen LogP contribution is -2.49. The molecule has 6 nitrogen and oxygen atoms in total. The van der Waals surface area contributed by atoms with Crippen molar-refractivity contribution >= 4 is 5.91 Å². The molecule has 6 heteroatoms. The number of aromatic nitrogens is 2. The second kappa shape index (κ2) is 11.2. The maximum atomic E-state index is 13.3. The van der Waals surface area contributed by atoms with E-state index in [4.69, 9.17) is 0 Å². The highest BCUT2D eigenvalue weighted by molar-refractivity contribution is 5.93. The van der Waals surface area contributed by atoms with Gasteiger partial charge in [0.2, 0.25) is 0 Å².